The molecule has 0 unspecified atom stereocenters. The van der Waals surface area contributed by atoms with E-state index in [1.165, 1.54) is 17.5 Å². The van der Waals surface area contributed by atoms with Crippen LogP contribution in [0.3, 0.4) is 0 Å². The maximum Gasteiger partial charge on any atom is 0.326 e. The Morgan fingerprint density at radius 1 is 1.47 bits per heavy atom. The monoisotopic (exact) mass is 284 g/mol. The first-order valence-electron chi connectivity index (χ1n) is 6.45. The quantitative estimate of drug-likeness (QED) is 0.806. The molecule has 1 heterocycles. The number of rotatable bonds is 7. The standard InChI is InChI=1S/C13H20N2O3S/c1-4-5-6-9(13(17)18)15-11(16)10-7-14-12(19-10)8(2)3/h7-9H,4-6H2,1-3H3,(H,15,16)(H,17,18)/t9-/m0/s1. The Balaban J connectivity index is 2.67. The lowest BCUT2D eigenvalue weighted by Gasteiger charge is -2.12. The molecule has 1 amide bonds. The van der Waals surface area contributed by atoms with Gasteiger partial charge in [0, 0.05) is 5.92 Å². The van der Waals surface area contributed by atoms with Crippen LogP contribution < -0.4 is 5.32 Å². The van der Waals surface area contributed by atoms with Gasteiger partial charge < -0.3 is 10.4 Å². The van der Waals surface area contributed by atoms with Gasteiger partial charge >= 0.3 is 5.97 Å². The number of carbonyl (C=O) groups excluding carboxylic acids is 1. The molecule has 0 aliphatic heterocycles. The molecule has 1 aromatic heterocycles. The number of hydrogen-bond acceptors (Lipinski definition) is 4. The number of carboxylic acids is 1. The van der Waals surface area contributed by atoms with E-state index in [4.69, 9.17) is 5.11 Å². The summed E-state index contributed by atoms with van der Waals surface area (Å²) in [4.78, 5) is 27.6. The fraction of sp³-hybridized carbons (Fsp3) is 0.615. The van der Waals surface area contributed by atoms with Crippen LogP contribution in [0, 0.1) is 0 Å². The van der Waals surface area contributed by atoms with Crippen molar-refractivity contribution in [3.8, 4) is 0 Å². The zero-order chi connectivity index (χ0) is 14.4. The number of amides is 1. The first-order chi connectivity index (χ1) is 8.95. The molecule has 106 valence electrons. The van der Waals surface area contributed by atoms with Gasteiger partial charge in [0.25, 0.3) is 5.91 Å². The van der Waals surface area contributed by atoms with Crippen molar-refractivity contribution in [2.75, 3.05) is 0 Å². The maximum atomic E-state index is 12.0. The molecule has 19 heavy (non-hydrogen) atoms. The average Bonchev–Trinajstić information content (AvgIpc) is 2.83. The van der Waals surface area contributed by atoms with Crippen molar-refractivity contribution < 1.29 is 14.7 Å². The zero-order valence-corrected chi connectivity index (χ0v) is 12.3. The molecule has 0 bridgehead atoms. The largest absolute Gasteiger partial charge is 0.480 e. The molecule has 0 saturated carbocycles. The fourth-order valence-corrected chi connectivity index (χ4v) is 2.38. The third-order valence-electron chi connectivity index (χ3n) is 2.69. The Morgan fingerprint density at radius 3 is 2.63 bits per heavy atom. The second-order valence-electron chi connectivity index (χ2n) is 4.72. The maximum absolute atomic E-state index is 12.0. The second-order valence-corrected chi connectivity index (χ2v) is 5.79. The SMILES string of the molecule is CCCC[C@H](NC(=O)c1cnc(C(C)C)s1)C(=O)O. The van der Waals surface area contributed by atoms with Gasteiger partial charge in [0.2, 0.25) is 0 Å². The highest BCUT2D eigenvalue weighted by molar-refractivity contribution is 7.13. The van der Waals surface area contributed by atoms with Crippen LogP contribution in [-0.2, 0) is 4.79 Å². The number of nitrogens with one attached hydrogen (secondary N) is 1. The van der Waals surface area contributed by atoms with Crippen molar-refractivity contribution >= 4 is 23.2 Å². The summed E-state index contributed by atoms with van der Waals surface area (Å²) in [6, 6.07) is -0.822. The van der Waals surface area contributed by atoms with Crippen LogP contribution in [0.2, 0.25) is 0 Å². The molecular weight excluding hydrogens is 264 g/mol. The highest BCUT2D eigenvalue weighted by Gasteiger charge is 2.21. The third kappa shape index (κ3) is 4.63. The molecule has 0 aromatic carbocycles. The van der Waals surface area contributed by atoms with Crippen LogP contribution in [0.4, 0.5) is 0 Å². The fourth-order valence-electron chi connectivity index (χ4n) is 1.55. The van der Waals surface area contributed by atoms with Gasteiger partial charge in [0.15, 0.2) is 0 Å². The number of aromatic nitrogens is 1. The van der Waals surface area contributed by atoms with Gasteiger partial charge in [-0.25, -0.2) is 9.78 Å². The molecule has 1 atom stereocenters. The first-order valence-corrected chi connectivity index (χ1v) is 7.26. The number of thiazole rings is 1. The van der Waals surface area contributed by atoms with Gasteiger partial charge in [0.05, 0.1) is 11.2 Å². The predicted molar refractivity (Wildman–Crippen MR) is 74.6 cm³/mol. The lowest BCUT2D eigenvalue weighted by Crippen LogP contribution is -2.40. The van der Waals surface area contributed by atoms with Crippen molar-refractivity contribution in [1.82, 2.24) is 10.3 Å². The Hall–Kier alpha value is -1.43. The van der Waals surface area contributed by atoms with Gasteiger partial charge in [-0.05, 0) is 6.42 Å². The summed E-state index contributed by atoms with van der Waals surface area (Å²) in [5, 5.41) is 12.5. The van der Waals surface area contributed by atoms with Crippen LogP contribution >= 0.6 is 11.3 Å². The summed E-state index contributed by atoms with van der Waals surface area (Å²) in [7, 11) is 0. The summed E-state index contributed by atoms with van der Waals surface area (Å²) >= 11 is 1.31. The van der Waals surface area contributed by atoms with Crippen molar-refractivity contribution in [3.05, 3.63) is 16.1 Å². The smallest absolute Gasteiger partial charge is 0.326 e. The normalized spacial score (nSPS) is 12.4. The molecule has 0 aliphatic rings. The van der Waals surface area contributed by atoms with Crippen molar-refractivity contribution in [2.24, 2.45) is 0 Å². The highest BCUT2D eigenvalue weighted by atomic mass is 32.1. The molecule has 0 spiro atoms. The topological polar surface area (TPSA) is 79.3 Å². The molecule has 0 fully saturated rings. The molecule has 1 aromatic rings. The number of aliphatic carboxylic acids is 1. The minimum atomic E-state index is -0.990. The number of carboxylic acid groups (broad SMARTS) is 1. The lowest BCUT2D eigenvalue weighted by molar-refractivity contribution is -0.139. The molecule has 0 radical (unpaired) electrons. The molecule has 0 aliphatic carbocycles. The van der Waals surface area contributed by atoms with Gasteiger partial charge in [-0.15, -0.1) is 11.3 Å². The van der Waals surface area contributed by atoms with E-state index >= 15 is 0 Å². The summed E-state index contributed by atoms with van der Waals surface area (Å²) in [6.45, 7) is 5.99. The number of nitrogens with zero attached hydrogens (tertiary/aromatic N) is 1. The number of unbranched alkanes of at least 4 members (excludes halogenated alkanes) is 1. The van der Waals surface area contributed by atoms with E-state index < -0.39 is 12.0 Å². The Bertz CT molecular complexity index is 443. The Kier molecular flexibility index (Phi) is 5.95. The van der Waals surface area contributed by atoms with E-state index in [1.807, 2.05) is 20.8 Å². The lowest BCUT2D eigenvalue weighted by atomic mass is 10.1. The second kappa shape index (κ2) is 7.23. The van der Waals surface area contributed by atoms with E-state index in [9.17, 15) is 9.59 Å². The molecule has 0 saturated heterocycles. The number of hydrogen-bond donors (Lipinski definition) is 2. The van der Waals surface area contributed by atoms with Crippen LogP contribution in [0.1, 0.15) is 60.6 Å². The molecular formula is C13H20N2O3S. The van der Waals surface area contributed by atoms with E-state index in [0.29, 0.717) is 11.3 Å². The summed E-state index contributed by atoms with van der Waals surface area (Å²) in [5.41, 5.74) is 0. The minimum absolute atomic E-state index is 0.266. The molecule has 1 rings (SSSR count). The molecule has 5 nitrogen and oxygen atoms in total. The molecule has 6 heteroatoms. The van der Waals surface area contributed by atoms with Gasteiger partial charge in [0.1, 0.15) is 10.9 Å². The summed E-state index contributed by atoms with van der Waals surface area (Å²) < 4.78 is 0. The van der Waals surface area contributed by atoms with Gasteiger partial charge in [-0.2, -0.15) is 0 Å². The Morgan fingerprint density at radius 2 is 2.16 bits per heavy atom. The van der Waals surface area contributed by atoms with Crippen LogP contribution in [-0.4, -0.2) is 28.0 Å². The zero-order valence-electron chi connectivity index (χ0n) is 11.5. The first kappa shape index (κ1) is 15.6. The van der Waals surface area contributed by atoms with Crippen molar-refractivity contribution in [2.45, 2.75) is 52.0 Å². The number of carbonyl (C=O) groups is 2. The molecule has 2 N–H and O–H groups in total. The van der Waals surface area contributed by atoms with Crippen LogP contribution in [0.25, 0.3) is 0 Å². The van der Waals surface area contributed by atoms with Gasteiger partial charge in [-0.3, -0.25) is 4.79 Å². The van der Waals surface area contributed by atoms with E-state index in [1.54, 1.807) is 0 Å². The Labute approximate surface area is 117 Å². The van der Waals surface area contributed by atoms with Crippen LogP contribution in [0.15, 0.2) is 6.20 Å². The van der Waals surface area contributed by atoms with Crippen LogP contribution in [0.5, 0.6) is 0 Å². The van der Waals surface area contributed by atoms with E-state index in [-0.39, 0.29) is 11.8 Å². The minimum Gasteiger partial charge on any atom is -0.480 e. The predicted octanol–water partition coefficient (Wildman–Crippen LogP) is 2.64. The third-order valence-corrected chi connectivity index (χ3v) is 3.99. The van der Waals surface area contributed by atoms with Gasteiger partial charge in [-0.1, -0.05) is 33.6 Å². The summed E-state index contributed by atoms with van der Waals surface area (Å²) in [5.74, 6) is -1.08. The highest BCUT2D eigenvalue weighted by Crippen LogP contribution is 2.21. The van der Waals surface area contributed by atoms with Crippen molar-refractivity contribution in [3.63, 3.8) is 0 Å². The van der Waals surface area contributed by atoms with E-state index in [2.05, 4.69) is 10.3 Å². The summed E-state index contributed by atoms with van der Waals surface area (Å²) in [6.07, 6.45) is 3.64. The van der Waals surface area contributed by atoms with Crippen molar-refractivity contribution in [1.29, 1.82) is 0 Å². The van der Waals surface area contributed by atoms with E-state index in [0.717, 1.165) is 17.8 Å². The average molecular weight is 284 g/mol.